The zero-order chi connectivity index (χ0) is 37.8. The Labute approximate surface area is 346 Å². The van der Waals surface area contributed by atoms with Crippen LogP contribution in [0.2, 0.25) is 0 Å². The SMILES string of the molecule is CCCCCCCCSS(SCCCCCCCC)(SCCCCCCCC)(SCCCCCCCC)(SCCCCCCCC)c1ccccc1. The van der Waals surface area contributed by atoms with Crippen LogP contribution in [0.5, 0.6) is 0 Å². The van der Waals surface area contributed by atoms with Gasteiger partial charge >= 0.3 is 0 Å². The van der Waals surface area contributed by atoms with Crippen molar-refractivity contribution < 1.29 is 0 Å². The van der Waals surface area contributed by atoms with Crippen molar-refractivity contribution in [2.24, 2.45) is 0 Å². The van der Waals surface area contributed by atoms with Crippen LogP contribution in [0.4, 0.5) is 0 Å². The summed E-state index contributed by atoms with van der Waals surface area (Å²) < 4.78 is -3.08. The van der Waals surface area contributed by atoms with Gasteiger partial charge in [-0.1, -0.05) is 271 Å². The van der Waals surface area contributed by atoms with Gasteiger partial charge in [0.15, 0.2) is 0 Å². The first kappa shape index (κ1) is 51.3. The van der Waals surface area contributed by atoms with Crippen LogP contribution in [0, 0.1) is 0 Å². The maximum atomic E-state index is 2.63. The van der Waals surface area contributed by atoms with Crippen LogP contribution >= 0.6 is 57.4 Å². The standard InChI is InChI=1S/C46H90S6/c1-6-11-16-21-26-34-41-47-52(46-39-32-31-33-40-46,48-42-35-27-22-17-12-7-2,49-43-36-28-23-18-13-8-3,50-44-37-29-24-19-14-9-4)51-45-38-30-25-20-15-10-5/h31-33,39-40H,6-30,34-38,41-45H2,1-5H3. The van der Waals surface area contributed by atoms with Gasteiger partial charge in [-0.2, -0.15) is 0 Å². The Kier molecular flexibility index (Phi) is 32.9. The molecule has 310 valence electrons. The summed E-state index contributed by atoms with van der Waals surface area (Å²) in [5, 5.41) is 0. The molecule has 52 heavy (non-hydrogen) atoms. The quantitative estimate of drug-likeness (QED) is 0.0475. The highest BCUT2D eigenvalue weighted by Gasteiger charge is 2.64. The lowest BCUT2D eigenvalue weighted by molar-refractivity contribution is 0.627. The topological polar surface area (TPSA) is 0 Å². The van der Waals surface area contributed by atoms with Gasteiger partial charge < -0.3 is 0 Å². The maximum Gasteiger partial charge on any atom is 0.0170 e. The van der Waals surface area contributed by atoms with Crippen LogP contribution in [0.1, 0.15) is 227 Å². The highest BCUT2D eigenvalue weighted by Crippen LogP contribution is 3.25. The molecular weight excluding hydrogens is 745 g/mol. The average molecular weight is 836 g/mol. The minimum Gasteiger partial charge on any atom is -0.0901 e. The molecule has 0 atom stereocenters. The molecule has 0 aromatic heterocycles. The molecule has 0 heterocycles. The second kappa shape index (κ2) is 33.3. The first-order valence-electron chi connectivity index (χ1n) is 22.9. The number of benzene rings is 1. The van der Waals surface area contributed by atoms with Gasteiger partial charge in [-0.25, -0.2) is 0 Å². The molecule has 0 saturated carbocycles. The van der Waals surface area contributed by atoms with Crippen LogP contribution in [-0.2, 0) is 0 Å². The summed E-state index contributed by atoms with van der Waals surface area (Å²) in [5.74, 6) is 6.61. The van der Waals surface area contributed by atoms with Gasteiger partial charge in [-0.05, 0) is 44.2 Å². The molecule has 0 bridgehead atoms. The number of rotatable bonds is 41. The van der Waals surface area contributed by atoms with Crippen LogP contribution in [0.25, 0.3) is 0 Å². The van der Waals surface area contributed by atoms with E-state index in [4.69, 9.17) is 0 Å². The molecule has 0 aliphatic heterocycles. The normalized spacial score (nSPS) is 13.4. The fraction of sp³-hybridized carbons (Fsp3) is 0.870. The van der Waals surface area contributed by atoms with E-state index in [0.29, 0.717) is 0 Å². The molecule has 1 aromatic carbocycles. The van der Waals surface area contributed by atoms with Crippen LogP contribution in [0.15, 0.2) is 35.2 Å². The molecule has 0 saturated heterocycles. The largest absolute Gasteiger partial charge is 0.0901 e. The predicted octanol–water partition coefficient (Wildman–Crippen LogP) is 20.0. The van der Waals surface area contributed by atoms with E-state index >= 15 is 0 Å². The number of unbranched alkanes of at least 4 members (excludes halogenated alkanes) is 25. The van der Waals surface area contributed by atoms with E-state index in [9.17, 15) is 0 Å². The van der Waals surface area contributed by atoms with E-state index in [2.05, 4.69) is 119 Å². The summed E-state index contributed by atoms with van der Waals surface area (Å²) in [7, 11) is 12.7. The Morgan fingerprint density at radius 2 is 0.500 bits per heavy atom. The number of hydrogen-bond acceptors (Lipinski definition) is 5. The highest BCUT2D eigenvalue weighted by molar-refractivity contribution is 9.97. The van der Waals surface area contributed by atoms with Crippen molar-refractivity contribution in [3.8, 4) is 0 Å². The Morgan fingerprint density at radius 3 is 0.731 bits per heavy atom. The molecule has 0 radical (unpaired) electrons. The number of hydrogen-bond donors (Lipinski definition) is 0. The third-order valence-corrected chi connectivity index (χ3v) is 46.7. The molecule has 0 aliphatic rings. The van der Waals surface area contributed by atoms with Crippen molar-refractivity contribution in [2.75, 3.05) is 28.8 Å². The second-order valence-electron chi connectivity index (χ2n) is 15.4. The third-order valence-electron chi connectivity index (χ3n) is 10.4. The zero-order valence-electron chi connectivity index (χ0n) is 35.6. The molecular formula is C46H90S6. The summed E-state index contributed by atoms with van der Waals surface area (Å²) in [6, 6.07) is 12.4. The Bertz CT molecular complexity index is 776. The maximum absolute atomic E-state index is 3.08. The zero-order valence-corrected chi connectivity index (χ0v) is 40.5. The van der Waals surface area contributed by atoms with Crippen molar-refractivity contribution in [3.05, 3.63) is 30.3 Å². The van der Waals surface area contributed by atoms with Crippen molar-refractivity contribution in [3.63, 3.8) is 0 Å². The minimum atomic E-state index is -3.08. The molecule has 0 N–H and O–H groups in total. The average Bonchev–Trinajstić information content (AvgIpc) is 3.17. The molecule has 0 unspecified atom stereocenters. The first-order chi connectivity index (χ1) is 25.5. The van der Waals surface area contributed by atoms with Gasteiger partial charge in [-0.3, -0.25) is 0 Å². The smallest absolute Gasteiger partial charge is 0.0170 e. The Morgan fingerprint density at radius 1 is 0.288 bits per heavy atom. The fourth-order valence-electron chi connectivity index (χ4n) is 6.97. The van der Waals surface area contributed by atoms with Crippen molar-refractivity contribution in [2.45, 2.75) is 232 Å². The van der Waals surface area contributed by atoms with Gasteiger partial charge in [0, 0.05) is 33.7 Å². The van der Waals surface area contributed by atoms with Gasteiger partial charge in [0.2, 0.25) is 0 Å². The van der Waals surface area contributed by atoms with Crippen LogP contribution in [0.3, 0.4) is 0 Å². The molecule has 0 amide bonds. The molecule has 0 nitrogen and oxygen atoms in total. The van der Waals surface area contributed by atoms with E-state index in [1.165, 1.54) is 221 Å². The summed E-state index contributed by atoms with van der Waals surface area (Å²) in [6.45, 7) is 11.8. The molecule has 1 rings (SSSR count). The lowest BCUT2D eigenvalue weighted by Crippen LogP contribution is -2.22. The molecule has 0 spiro atoms. The summed E-state index contributed by atoms with van der Waals surface area (Å²) in [4.78, 5) is 1.72. The van der Waals surface area contributed by atoms with E-state index in [-0.39, 0.29) is 0 Å². The van der Waals surface area contributed by atoms with Crippen LogP contribution in [-0.4, -0.2) is 28.8 Å². The summed E-state index contributed by atoms with van der Waals surface area (Å²) >= 11 is 0. The van der Waals surface area contributed by atoms with E-state index in [1.807, 2.05) is 0 Å². The molecule has 6 heteroatoms. The monoisotopic (exact) mass is 835 g/mol. The van der Waals surface area contributed by atoms with E-state index < -0.39 is 3.45 Å². The Balaban J connectivity index is 3.64. The van der Waals surface area contributed by atoms with Gasteiger partial charge in [-0.15, -0.1) is 0 Å². The fourth-order valence-corrected chi connectivity index (χ4v) is 43.7. The van der Waals surface area contributed by atoms with Gasteiger partial charge in [0.1, 0.15) is 0 Å². The van der Waals surface area contributed by atoms with E-state index in [1.54, 1.807) is 4.90 Å². The van der Waals surface area contributed by atoms with Gasteiger partial charge in [0.25, 0.3) is 0 Å². The summed E-state index contributed by atoms with van der Waals surface area (Å²) in [6.07, 6.45) is 41.9. The summed E-state index contributed by atoms with van der Waals surface area (Å²) in [5.41, 5.74) is 0. The first-order valence-corrected chi connectivity index (χ1v) is 32.9. The Hall–Kier alpha value is 1.32. The molecule has 1 aromatic rings. The minimum absolute atomic E-state index is 1.32. The lowest BCUT2D eigenvalue weighted by atomic mass is 10.1. The van der Waals surface area contributed by atoms with Crippen molar-refractivity contribution in [1.29, 1.82) is 0 Å². The highest BCUT2D eigenvalue weighted by atomic mass is 34.4. The predicted molar refractivity (Wildman–Crippen MR) is 261 cm³/mol. The van der Waals surface area contributed by atoms with E-state index in [0.717, 1.165) is 0 Å². The second-order valence-corrected chi connectivity index (χ2v) is 43.6. The van der Waals surface area contributed by atoms with Crippen LogP contribution < -0.4 is 0 Å². The van der Waals surface area contributed by atoms with Crippen molar-refractivity contribution in [1.82, 2.24) is 0 Å². The van der Waals surface area contributed by atoms with Gasteiger partial charge in [0.05, 0.1) is 0 Å². The lowest BCUT2D eigenvalue weighted by Gasteiger charge is -2.76. The molecule has 0 fully saturated rings. The molecule has 0 aliphatic carbocycles. The third kappa shape index (κ3) is 20.7. The van der Waals surface area contributed by atoms with Crippen molar-refractivity contribution >= 4 is 57.4 Å².